The van der Waals surface area contributed by atoms with E-state index in [1.165, 1.54) is 11.1 Å². The van der Waals surface area contributed by atoms with Gasteiger partial charge < -0.3 is 23.7 Å². The highest BCUT2D eigenvalue weighted by Gasteiger charge is 2.35. The fourth-order valence-electron chi connectivity index (χ4n) is 4.64. The summed E-state index contributed by atoms with van der Waals surface area (Å²) < 4.78 is 28.6. The summed E-state index contributed by atoms with van der Waals surface area (Å²) in [6.07, 6.45) is 1.68. The smallest absolute Gasteiger partial charge is 0.232 e. The Morgan fingerprint density at radius 1 is 0.944 bits per heavy atom. The molecule has 2 aliphatic heterocycles. The molecule has 0 spiro atoms. The number of carbonyl (C=O) groups is 1. The summed E-state index contributed by atoms with van der Waals surface area (Å²) in [6.45, 7) is 5.81. The molecule has 0 bridgehead atoms. The lowest BCUT2D eigenvalue weighted by molar-refractivity contribution is 0.0872. The zero-order valence-corrected chi connectivity index (χ0v) is 21.1. The van der Waals surface area contributed by atoms with Gasteiger partial charge in [0.05, 0.1) is 32.5 Å². The van der Waals surface area contributed by atoms with Crippen LogP contribution in [-0.2, 0) is 13.1 Å². The maximum atomic E-state index is 13.4. The van der Waals surface area contributed by atoms with Gasteiger partial charge in [0.2, 0.25) is 5.78 Å². The summed E-state index contributed by atoms with van der Waals surface area (Å²) in [5.41, 5.74) is 5.35. The molecule has 0 aliphatic carbocycles. The molecule has 3 aromatic carbocycles. The Morgan fingerprint density at radius 3 is 2.33 bits per heavy atom. The van der Waals surface area contributed by atoms with Gasteiger partial charge in [0.1, 0.15) is 24.0 Å². The molecule has 0 N–H and O–H groups in total. The molecule has 7 nitrogen and oxygen atoms in total. The van der Waals surface area contributed by atoms with Crippen LogP contribution >= 0.6 is 0 Å². The van der Waals surface area contributed by atoms with Crippen molar-refractivity contribution in [3.05, 3.63) is 81.6 Å². The van der Waals surface area contributed by atoms with Crippen molar-refractivity contribution in [2.24, 2.45) is 0 Å². The maximum absolute atomic E-state index is 13.4. The number of carbonyl (C=O) groups excluding carboxylic acids is 1. The predicted octanol–water partition coefficient (Wildman–Crippen LogP) is 5.30. The van der Waals surface area contributed by atoms with E-state index in [1.54, 1.807) is 39.5 Å². The van der Waals surface area contributed by atoms with E-state index in [0.717, 1.165) is 23.4 Å². The molecule has 0 unspecified atom stereocenters. The second-order valence-corrected chi connectivity index (χ2v) is 9.01. The van der Waals surface area contributed by atoms with Crippen molar-refractivity contribution in [2.45, 2.75) is 26.9 Å². The zero-order chi connectivity index (χ0) is 25.4. The molecule has 0 saturated carbocycles. The number of ketones is 1. The van der Waals surface area contributed by atoms with Gasteiger partial charge in [-0.15, -0.1) is 0 Å². The topological polar surface area (TPSA) is 66.5 Å². The molecule has 7 heteroatoms. The number of ether oxygens (including phenoxy) is 5. The molecule has 0 atom stereocenters. The first kappa shape index (κ1) is 23.8. The van der Waals surface area contributed by atoms with Crippen LogP contribution in [0.2, 0.25) is 0 Å². The summed E-state index contributed by atoms with van der Waals surface area (Å²) in [5.74, 6) is 2.98. The van der Waals surface area contributed by atoms with Crippen LogP contribution in [0.1, 0.15) is 38.2 Å². The molecule has 0 radical (unpaired) electrons. The summed E-state index contributed by atoms with van der Waals surface area (Å²) in [4.78, 5) is 15.6. The van der Waals surface area contributed by atoms with Crippen LogP contribution in [-0.4, -0.2) is 38.7 Å². The van der Waals surface area contributed by atoms with Gasteiger partial charge in [-0.25, -0.2) is 0 Å². The molecule has 2 aliphatic rings. The van der Waals surface area contributed by atoms with Crippen molar-refractivity contribution < 1.29 is 28.5 Å². The number of methoxy groups -OCH3 is 3. The first-order valence-corrected chi connectivity index (χ1v) is 11.7. The second kappa shape index (κ2) is 9.59. The largest absolute Gasteiger partial charge is 0.496 e. The average molecular weight is 488 g/mol. The highest BCUT2D eigenvalue weighted by atomic mass is 16.5. The van der Waals surface area contributed by atoms with Crippen LogP contribution in [0.5, 0.6) is 28.7 Å². The minimum Gasteiger partial charge on any atom is -0.496 e. The molecule has 0 saturated heterocycles. The van der Waals surface area contributed by atoms with Gasteiger partial charge in [-0.2, -0.15) is 0 Å². The molecule has 2 heterocycles. The minimum atomic E-state index is -0.169. The highest BCUT2D eigenvalue weighted by Crippen LogP contribution is 2.45. The van der Waals surface area contributed by atoms with Crippen LogP contribution in [0, 0.1) is 13.8 Å². The molecule has 36 heavy (non-hydrogen) atoms. The summed E-state index contributed by atoms with van der Waals surface area (Å²) in [7, 11) is 4.69. The van der Waals surface area contributed by atoms with Crippen molar-refractivity contribution in [1.29, 1.82) is 0 Å². The number of hydrogen-bond acceptors (Lipinski definition) is 7. The Kier molecular flexibility index (Phi) is 6.33. The quantitative estimate of drug-likeness (QED) is 0.437. The highest BCUT2D eigenvalue weighted by molar-refractivity contribution is 6.16. The van der Waals surface area contributed by atoms with E-state index in [1.807, 2.05) is 13.0 Å². The van der Waals surface area contributed by atoms with Gasteiger partial charge in [0.15, 0.2) is 17.3 Å². The lowest BCUT2D eigenvalue weighted by Crippen LogP contribution is -2.31. The van der Waals surface area contributed by atoms with Crippen molar-refractivity contribution in [3.63, 3.8) is 0 Å². The van der Waals surface area contributed by atoms with E-state index in [2.05, 4.69) is 36.1 Å². The lowest BCUT2D eigenvalue weighted by Gasteiger charge is -2.30. The number of nitrogens with zero attached hydrogens (tertiary/aromatic N) is 1. The average Bonchev–Trinajstić information content (AvgIpc) is 3.22. The monoisotopic (exact) mass is 487 g/mol. The van der Waals surface area contributed by atoms with Crippen LogP contribution < -0.4 is 23.7 Å². The number of Topliss-reactive ketones (excluding diaryl/α,β-unsaturated/α-hetero) is 1. The van der Waals surface area contributed by atoms with E-state index in [9.17, 15) is 4.79 Å². The molecule has 0 aromatic heterocycles. The standard InChI is InChI=1S/C29H29NO6/c1-17-6-8-19(9-7-17)14-30-15-21-23(35-16-30)10-18(2)27-28(31)26(36-29(21)27)12-20-11-24(33-4)25(34-5)13-22(20)32-3/h6-13H,14-16H2,1-5H3/b26-12-. The molecule has 0 fully saturated rings. The Balaban J connectivity index is 1.48. The SMILES string of the molecule is COc1cc(OC)c(OC)cc1/C=C1\Oc2c3c(cc(C)c2C1=O)OCN(Cc1ccc(C)cc1)C3. The van der Waals surface area contributed by atoms with E-state index < -0.39 is 0 Å². The zero-order valence-electron chi connectivity index (χ0n) is 21.1. The van der Waals surface area contributed by atoms with Gasteiger partial charge >= 0.3 is 0 Å². The fraction of sp³-hybridized carbons (Fsp3) is 0.276. The van der Waals surface area contributed by atoms with Crippen LogP contribution in [0.4, 0.5) is 0 Å². The first-order valence-electron chi connectivity index (χ1n) is 11.7. The van der Waals surface area contributed by atoms with Crippen molar-refractivity contribution >= 4 is 11.9 Å². The maximum Gasteiger partial charge on any atom is 0.232 e. The number of rotatable bonds is 6. The van der Waals surface area contributed by atoms with Gasteiger partial charge in [-0.3, -0.25) is 9.69 Å². The van der Waals surface area contributed by atoms with Crippen LogP contribution in [0.3, 0.4) is 0 Å². The molecule has 0 amide bonds. The van der Waals surface area contributed by atoms with Crippen molar-refractivity contribution in [2.75, 3.05) is 28.1 Å². The van der Waals surface area contributed by atoms with Crippen LogP contribution in [0.15, 0.2) is 48.2 Å². The van der Waals surface area contributed by atoms with Crippen LogP contribution in [0.25, 0.3) is 6.08 Å². The molecule has 5 rings (SSSR count). The number of allylic oxidation sites excluding steroid dienone is 1. The predicted molar refractivity (Wildman–Crippen MR) is 136 cm³/mol. The Morgan fingerprint density at radius 2 is 1.64 bits per heavy atom. The molecular weight excluding hydrogens is 458 g/mol. The van der Waals surface area contributed by atoms with E-state index in [-0.39, 0.29) is 11.5 Å². The van der Waals surface area contributed by atoms with Crippen molar-refractivity contribution in [1.82, 2.24) is 4.90 Å². The van der Waals surface area contributed by atoms with Gasteiger partial charge in [-0.05, 0) is 43.2 Å². The summed E-state index contributed by atoms with van der Waals surface area (Å²) in [5, 5.41) is 0. The first-order chi connectivity index (χ1) is 17.4. The fourth-order valence-corrected chi connectivity index (χ4v) is 4.64. The number of aryl methyl sites for hydroxylation is 2. The molecular formula is C29H29NO6. The van der Waals surface area contributed by atoms with Gasteiger partial charge in [0, 0.05) is 24.7 Å². The van der Waals surface area contributed by atoms with E-state index >= 15 is 0 Å². The second-order valence-electron chi connectivity index (χ2n) is 9.01. The Hall–Kier alpha value is -3.97. The summed E-state index contributed by atoms with van der Waals surface area (Å²) in [6, 6.07) is 13.9. The Labute approximate surface area is 210 Å². The van der Waals surface area contributed by atoms with Gasteiger partial charge in [0.25, 0.3) is 0 Å². The minimum absolute atomic E-state index is 0.169. The third-order valence-corrected chi connectivity index (χ3v) is 6.54. The number of hydrogen-bond donors (Lipinski definition) is 0. The van der Waals surface area contributed by atoms with Gasteiger partial charge in [-0.1, -0.05) is 29.8 Å². The molecule has 3 aromatic rings. The third-order valence-electron chi connectivity index (χ3n) is 6.54. The Bertz CT molecular complexity index is 1360. The van der Waals surface area contributed by atoms with Crippen molar-refractivity contribution in [3.8, 4) is 28.7 Å². The summed E-state index contributed by atoms with van der Waals surface area (Å²) >= 11 is 0. The number of benzene rings is 3. The normalized spacial score (nSPS) is 15.7. The molecule has 186 valence electrons. The third kappa shape index (κ3) is 4.27. The number of fused-ring (bicyclic) bond motifs is 3. The van der Waals surface area contributed by atoms with E-state index in [0.29, 0.717) is 47.4 Å². The lowest BCUT2D eigenvalue weighted by atomic mass is 9.98. The van der Waals surface area contributed by atoms with E-state index in [4.69, 9.17) is 23.7 Å².